The minimum Gasteiger partial charge on any atom is -0.302 e. The van der Waals surface area contributed by atoms with Crippen molar-refractivity contribution in [2.24, 2.45) is 0 Å². The van der Waals surface area contributed by atoms with E-state index in [1.54, 1.807) is 6.08 Å². The predicted molar refractivity (Wildman–Crippen MR) is 80.6 cm³/mol. The summed E-state index contributed by atoms with van der Waals surface area (Å²) in [6, 6.07) is 15.8. The third-order valence-corrected chi connectivity index (χ3v) is 4.07. The van der Waals surface area contributed by atoms with Crippen LogP contribution in [0, 0.1) is 0 Å². The van der Waals surface area contributed by atoms with Gasteiger partial charge < -0.3 is 4.55 Å². The Kier molecular flexibility index (Phi) is 2.93. The predicted octanol–water partition coefficient (Wildman–Crippen LogP) is 4.22. The first-order chi connectivity index (χ1) is 9.20. The average Bonchev–Trinajstić information content (AvgIpc) is 2.43. The molecule has 0 amide bonds. The lowest BCUT2D eigenvalue weighted by molar-refractivity contribution is 0.565. The van der Waals surface area contributed by atoms with Crippen LogP contribution in [0.4, 0.5) is 0 Å². The molecule has 94 valence electrons. The van der Waals surface area contributed by atoms with Crippen LogP contribution in [0.15, 0.2) is 60.0 Å². The number of fused-ring (bicyclic) bond motifs is 2. The molecule has 19 heavy (non-hydrogen) atoms. The Balaban J connectivity index is 2.50. The fraction of sp³-hybridized carbons (Fsp3) is 0. The van der Waals surface area contributed by atoms with E-state index in [-0.39, 0.29) is 0 Å². The fourth-order valence-electron chi connectivity index (χ4n) is 2.36. The van der Waals surface area contributed by atoms with E-state index in [2.05, 4.69) is 6.58 Å². The topological polar surface area (TPSA) is 37.3 Å². The van der Waals surface area contributed by atoms with Crippen molar-refractivity contribution < 1.29 is 8.76 Å². The summed E-state index contributed by atoms with van der Waals surface area (Å²) in [5.74, 6) is 0. The smallest absolute Gasteiger partial charge is 0.187 e. The Hall–Kier alpha value is -1.97. The summed E-state index contributed by atoms with van der Waals surface area (Å²) in [6.07, 6.45) is 1.61. The average molecular weight is 268 g/mol. The summed E-state index contributed by atoms with van der Waals surface area (Å²) < 4.78 is 21.1. The highest BCUT2D eigenvalue weighted by Crippen LogP contribution is 2.29. The van der Waals surface area contributed by atoms with Crippen LogP contribution < -0.4 is 0 Å². The Bertz CT molecular complexity index is 821. The second kappa shape index (κ2) is 4.61. The van der Waals surface area contributed by atoms with Gasteiger partial charge in [-0.25, -0.2) is 4.21 Å². The molecule has 2 nitrogen and oxygen atoms in total. The molecule has 0 spiro atoms. The number of hydrogen-bond acceptors (Lipinski definition) is 1. The van der Waals surface area contributed by atoms with E-state index in [9.17, 15) is 8.76 Å². The molecule has 1 atom stereocenters. The SMILES string of the molecule is C=Cc1ccc2cc3ccccc3cc2c1S(=O)O. The van der Waals surface area contributed by atoms with Crippen molar-refractivity contribution in [3.63, 3.8) is 0 Å². The van der Waals surface area contributed by atoms with Gasteiger partial charge >= 0.3 is 0 Å². The highest BCUT2D eigenvalue weighted by Gasteiger charge is 2.11. The van der Waals surface area contributed by atoms with Gasteiger partial charge in [-0.3, -0.25) is 0 Å². The van der Waals surface area contributed by atoms with Crippen LogP contribution in [0.2, 0.25) is 0 Å². The van der Waals surface area contributed by atoms with Crippen LogP contribution in [0.1, 0.15) is 5.56 Å². The fourth-order valence-corrected chi connectivity index (χ4v) is 3.08. The minimum atomic E-state index is -2.03. The molecule has 0 saturated carbocycles. The van der Waals surface area contributed by atoms with Crippen molar-refractivity contribution >= 4 is 38.7 Å². The van der Waals surface area contributed by atoms with Gasteiger partial charge in [0.05, 0.1) is 4.90 Å². The van der Waals surface area contributed by atoms with Gasteiger partial charge in [0.2, 0.25) is 0 Å². The first kappa shape index (κ1) is 12.1. The molecule has 3 aromatic carbocycles. The minimum absolute atomic E-state index is 0.429. The molecule has 0 aromatic heterocycles. The molecule has 3 heteroatoms. The van der Waals surface area contributed by atoms with E-state index in [1.165, 1.54) is 0 Å². The maximum absolute atomic E-state index is 11.6. The van der Waals surface area contributed by atoms with Crippen LogP contribution in [0.5, 0.6) is 0 Å². The molecule has 3 aromatic rings. The van der Waals surface area contributed by atoms with E-state index in [0.29, 0.717) is 10.5 Å². The third-order valence-electron chi connectivity index (χ3n) is 3.26. The number of hydrogen-bond donors (Lipinski definition) is 1. The largest absolute Gasteiger partial charge is 0.302 e. The van der Waals surface area contributed by atoms with Crippen molar-refractivity contribution in [3.8, 4) is 0 Å². The van der Waals surface area contributed by atoms with Gasteiger partial charge in [0, 0.05) is 5.39 Å². The van der Waals surface area contributed by atoms with Gasteiger partial charge in [0.1, 0.15) is 0 Å². The molecular weight excluding hydrogens is 256 g/mol. The van der Waals surface area contributed by atoms with Crippen molar-refractivity contribution in [1.82, 2.24) is 0 Å². The maximum Gasteiger partial charge on any atom is 0.187 e. The van der Waals surface area contributed by atoms with Crippen molar-refractivity contribution in [2.45, 2.75) is 4.90 Å². The Labute approximate surface area is 113 Å². The molecule has 0 radical (unpaired) electrons. The maximum atomic E-state index is 11.6. The summed E-state index contributed by atoms with van der Waals surface area (Å²) in [5.41, 5.74) is 0.698. The van der Waals surface area contributed by atoms with E-state index in [0.717, 1.165) is 21.5 Å². The zero-order valence-corrected chi connectivity index (χ0v) is 11.0. The van der Waals surface area contributed by atoms with E-state index in [1.807, 2.05) is 48.5 Å². The molecule has 0 bridgehead atoms. The van der Waals surface area contributed by atoms with Gasteiger partial charge in [0.25, 0.3) is 0 Å². The summed E-state index contributed by atoms with van der Waals surface area (Å²) in [4.78, 5) is 0.429. The van der Waals surface area contributed by atoms with Crippen LogP contribution in [-0.4, -0.2) is 8.76 Å². The molecular formula is C16H12O2S. The standard InChI is InChI=1S/C16H12O2S/c1-2-11-7-8-14-9-12-5-3-4-6-13(12)10-15(14)16(11)19(17)18/h2-10H,1H2,(H,17,18). The first-order valence-corrected chi connectivity index (χ1v) is 7.00. The molecule has 1 N–H and O–H groups in total. The Morgan fingerprint density at radius 2 is 1.68 bits per heavy atom. The first-order valence-electron chi connectivity index (χ1n) is 5.89. The summed E-state index contributed by atoms with van der Waals surface area (Å²) in [7, 11) is 0. The quantitative estimate of drug-likeness (QED) is 0.558. The highest BCUT2D eigenvalue weighted by molar-refractivity contribution is 7.79. The Morgan fingerprint density at radius 3 is 2.32 bits per heavy atom. The van der Waals surface area contributed by atoms with E-state index >= 15 is 0 Å². The molecule has 3 rings (SSSR count). The lowest BCUT2D eigenvalue weighted by Crippen LogP contribution is -1.94. The third kappa shape index (κ3) is 1.97. The number of benzene rings is 3. The summed E-state index contributed by atoms with van der Waals surface area (Å²) in [5, 5.41) is 3.94. The normalized spacial score (nSPS) is 12.7. The van der Waals surface area contributed by atoms with Gasteiger partial charge in [-0.2, -0.15) is 0 Å². The molecule has 1 unspecified atom stereocenters. The lowest BCUT2D eigenvalue weighted by atomic mass is 10.0. The van der Waals surface area contributed by atoms with Crippen molar-refractivity contribution in [1.29, 1.82) is 0 Å². The van der Waals surface area contributed by atoms with Gasteiger partial charge in [0.15, 0.2) is 11.1 Å². The van der Waals surface area contributed by atoms with Crippen LogP contribution >= 0.6 is 0 Å². The summed E-state index contributed by atoms with van der Waals surface area (Å²) >= 11 is -2.03. The van der Waals surface area contributed by atoms with Crippen molar-refractivity contribution in [2.75, 3.05) is 0 Å². The lowest BCUT2D eigenvalue weighted by Gasteiger charge is -2.08. The highest BCUT2D eigenvalue weighted by atomic mass is 32.2. The number of rotatable bonds is 2. The monoisotopic (exact) mass is 268 g/mol. The molecule has 0 fully saturated rings. The molecule has 0 heterocycles. The zero-order valence-electron chi connectivity index (χ0n) is 10.2. The second-order valence-corrected chi connectivity index (χ2v) is 5.26. The van der Waals surface area contributed by atoms with Crippen molar-refractivity contribution in [3.05, 3.63) is 60.7 Å². The van der Waals surface area contributed by atoms with Crippen LogP contribution in [0.25, 0.3) is 27.6 Å². The molecule has 0 saturated heterocycles. The summed E-state index contributed by atoms with van der Waals surface area (Å²) in [6.45, 7) is 3.70. The van der Waals surface area contributed by atoms with Crippen LogP contribution in [-0.2, 0) is 11.1 Å². The van der Waals surface area contributed by atoms with E-state index in [4.69, 9.17) is 0 Å². The van der Waals surface area contributed by atoms with Gasteiger partial charge in [-0.15, -0.1) is 0 Å². The van der Waals surface area contributed by atoms with Gasteiger partial charge in [-0.1, -0.05) is 49.1 Å². The van der Waals surface area contributed by atoms with Gasteiger partial charge in [-0.05, 0) is 33.9 Å². The Morgan fingerprint density at radius 1 is 1.00 bits per heavy atom. The molecule has 0 aliphatic rings. The molecule has 0 aliphatic carbocycles. The zero-order chi connectivity index (χ0) is 13.4. The second-order valence-electron chi connectivity index (χ2n) is 4.36. The van der Waals surface area contributed by atoms with E-state index < -0.39 is 11.1 Å². The molecule has 0 aliphatic heterocycles. The van der Waals surface area contributed by atoms with Crippen LogP contribution in [0.3, 0.4) is 0 Å².